The summed E-state index contributed by atoms with van der Waals surface area (Å²) in [5, 5.41) is 10.2. The van der Waals surface area contributed by atoms with Crippen LogP contribution in [0.25, 0.3) is 0 Å². The Morgan fingerprint density at radius 2 is 1.78 bits per heavy atom. The van der Waals surface area contributed by atoms with Gasteiger partial charge >= 0.3 is 5.97 Å². The van der Waals surface area contributed by atoms with E-state index in [1.807, 2.05) is 44.1 Å². The molecule has 1 amide bonds. The zero-order valence-electron chi connectivity index (χ0n) is 28.6. The Morgan fingerprint density at radius 1 is 1.07 bits per heavy atom. The molecule has 1 saturated heterocycles. The fourth-order valence-electron chi connectivity index (χ4n) is 7.09. The van der Waals surface area contributed by atoms with E-state index in [0.717, 1.165) is 82.3 Å². The second-order valence-electron chi connectivity index (χ2n) is 15.0. The van der Waals surface area contributed by atoms with E-state index in [1.54, 1.807) is 0 Å². The van der Waals surface area contributed by atoms with Crippen LogP contribution in [0.5, 0.6) is 5.75 Å². The van der Waals surface area contributed by atoms with E-state index in [4.69, 9.17) is 4.74 Å². The highest BCUT2D eigenvalue weighted by Gasteiger charge is 2.38. The molecular weight excluding hydrogens is 596 g/mol. The van der Waals surface area contributed by atoms with Crippen LogP contribution in [0.15, 0.2) is 24.5 Å². The van der Waals surface area contributed by atoms with Crippen molar-refractivity contribution >= 4 is 28.9 Å². The summed E-state index contributed by atoms with van der Waals surface area (Å²) in [5.74, 6) is 6.88. The van der Waals surface area contributed by atoms with Crippen molar-refractivity contribution in [3.05, 3.63) is 39.8 Å². The Balaban J connectivity index is 1.33. The minimum absolute atomic E-state index is 0.0226. The maximum atomic E-state index is 14.3. The molecule has 5 rings (SSSR count). The fourth-order valence-corrected chi connectivity index (χ4v) is 7.93. The van der Waals surface area contributed by atoms with Gasteiger partial charge in [0, 0.05) is 54.8 Å². The number of likely N-dealkylation sites (tertiary alicyclic amines) is 1. The van der Waals surface area contributed by atoms with Crippen molar-refractivity contribution in [2.45, 2.75) is 110 Å². The third kappa shape index (κ3) is 8.70. The largest absolute Gasteiger partial charge is 0.488 e. The third-order valence-electron chi connectivity index (χ3n) is 9.87. The average molecular weight is 649 g/mol. The Bertz CT molecular complexity index is 1420. The number of carbonyl (C=O) groups excluding carboxylic acids is 1. The number of amides is 1. The first-order chi connectivity index (χ1) is 21.9. The second kappa shape index (κ2) is 14.9. The first kappa shape index (κ1) is 34.4. The lowest BCUT2D eigenvalue weighted by Crippen LogP contribution is -2.47. The number of carbonyl (C=O) groups is 2. The van der Waals surface area contributed by atoms with Crippen molar-refractivity contribution in [3.8, 4) is 17.6 Å². The average Bonchev–Trinajstić information content (AvgIpc) is 3.66. The van der Waals surface area contributed by atoms with Gasteiger partial charge in [0.05, 0.1) is 22.9 Å². The number of rotatable bonds is 9. The summed E-state index contributed by atoms with van der Waals surface area (Å²) in [6.45, 7) is 11.3. The number of aromatic nitrogens is 1. The zero-order chi connectivity index (χ0) is 33.0. The van der Waals surface area contributed by atoms with Crippen LogP contribution >= 0.6 is 11.3 Å². The van der Waals surface area contributed by atoms with Crippen molar-refractivity contribution in [1.29, 1.82) is 0 Å². The number of likely N-dealkylation sites (N-methyl/N-ethyl adjacent to an activating group) is 1. The first-order valence-corrected chi connectivity index (χ1v) is 17.9. The summed E-state index contributed by atoms with van der Waals surface area (Å²) < 4.78 is 6.61. The van der Waals surface area contributed by atoms with E-state index < -0.39 is 5.97 Å². The molecule has 0 aromatic carbocycles. The molecule has 2 aliphatic carbocycles. The maximum Gasteiger partial charge on any atom is 0.348 e. The van der Waals surface area contributed by atoms with E-state index in [9.17, 15) is 14.7 Å². The Morgan fingerprint density at radius 3 is 2.41 bits per heavy atom. The van der Waals surface area contributed by atoms with Gasteiger partial charge in [-0.05, 0) is 111 Å². The summed E-state index contributed by atoms with van der Waals surface area (Å²) in [6.07, 6.45) is 11.7. The molecule has 0 radical (unpaired) electrons. The molecule has 1 atom stereocenters. The monoisotopic (exact) mass is 648 g/mol. The molecule has 46 heavy (non-hydrogen) atoms. The third-order valence-corrected chi connectivity index (χ3v) is 10.9. The molecule has 3 heterocycles. The Hall–Kier alpha value is -2.93. The van der Waals surface area contributed by atoms with Crippen LogP contribution < -0.4 is 9.64 Å². The Kier molecular flexibility index (Phi) is 11.1. The maximum absolute atomic E-state index is 14.3. The minimum Gasteiger partial charge on any atom is -0.488 e. The van der Waals surface area contributed by atoms with Crippen molar-refractivity contribution in [3.63, 3.8) is 0 Å². The molecule has 1 aliphatic heterocycles. The number of carboxylic acids is 1. The van der Waals surface area contributed by atoms with Crippen LogP contribution in [0, 0.1) is 29.1 Å². The number of aromatic carboxylic acids is 1. The van der Waals surface area contributed by atoms with Gasteiger partial charge in [0.25, 0.3) is 0 Å². The van der Waals surface area contributed by atoms with Gasteiger partial charge in [0.2, 0.25) is 5.91 Å². The molecule has 0 bridgehead atoms. The molecule has 3 fully saturated rings. The number of pyridine rings is 1. The van der Waals surface area contributed by atoms with Gasteiger partial charge in [-0.25, -0.2) is 4.79 Å². The number of ether oxygens (including phenoxy) is 1. The molecule has 1 N–H and O–H groups in total. The smallest absolute Gasteiger partial charge is 0.348 e. The van der Waals surface area contributed by atoms with Crippen LogP contribution in [-0.4, -0.2) is 77.1 Å². The predicted octanol–water partition coefficient (Wildman–Crippen LogP) is 6.92. The van der Waals surface area contributed by atoms with Crippen LogP contribution in [0.2, 0.25) is 0 Å². The molecule has 2 saturated carbocycles. The molecule has 1 unspecified atom stereocenters. The molecular formula is C37H52N4O4S. The molecule has 2 aromatic rings. The molecule has 250 valence electrons. The number of anilines is 1. The number of hydrogen-bond donors (Lipinski definition) is 1. The van der Waals surface area contributed by atoms with E-state index in [-0.39, 0.29) is 34.3 Å². The summed E-state index contributed by atoms with van der Waals surface area (Å²) in [6, 6.07) is 4.42. The van der Waals surface area contributed by atoms with Crippen molar-refractivity contribution < 1.29 is 19.4 Å². The lowest BCUT2D eigenvalue weighted by Gasteiger charge is -2.39. The van der Waals surface area contributed by atoms with Crippen molar-refractivity contribution in [2.24, 2.45) is 17.3 Å². The summed E-state index contributed by atoms with van der Waals surface area (Å²) >= 11 is 1.18. The van der Waals surface area contributed by atoms with Crippen LogP contribution in [0.4, 0.5) is 5.69 Å². The molecule has 3 aliphatic rings. The van der Waals surface area contributed by atoms with Crippen LogP contribution in [0.1, 0.15) is 106 Å². The van der Waals surface area contributed by atoms with Crippen LogP contribution in [0.3, 0.4) is 0 Å². The second-order valence-corrected chi connectivity index (χ2v) is 16.0. The SMILES string of the molecule is CC1CCC(C(=O)N(c2cc(C#CC(C)(C)C)sc2C(=O)O)[C@H]2CC[C@H](Oc3cnccc3CN3CCC(N(C)C)C3)CC2)CC1. The molecule has 9 heteroatoms. The lowest BCUT2D eigenvalue weighted by molar-refractivity contribution is -0.124. The van der Waals surface area contributed by atoms with Gasteiger partial charge in [0.1, 0.15) is 10.6 Å². The van der Waals surface area contributed by atoms with Gasteiger partial charge in [-0.1, -0.05) is 18.8 Å². The Labute approximate surface area is 279 Å². The molecule has 2 aromatic heterocycles. The number of nitrogens with zero attached hydrogens (tertiary/aromatic N) is 4. The highest BCUT2D eigenvalue weighted by molar-refractivity contribution is 7.15. The van der Waals surface area contributed by atoms with Crippen molar-refractivity contribution in [1.82, 2.24) is 14.8 Å². The predicted molar refractivity (Wildman–Crippen MR) is 184 cm³/mol. The lowest BCUT2D eigenvalue weighted by atomic mass is 9.81. The quantitative estimate of drug-likeness (QED) is 0.295. The van der Waals surface area contributed by atoms with Gasteiger partial charge in [-0.2, -0.15) is 0 Å². The van der Waals surface area contributed by atoms with E-state index in [2.05, 4.69) is 53.7 Å². The molecule has 8 nitrogen and oxygen atoms in total. The standard InChI is InChI=1S/C37H52N4O4S/c1-25-7-9-26(10-8-25)35(42)41(32-21-31(15-18-37(2,3)4)46-34(32)36(43)44)28-11-13-30(14-12-28)45-33-22-38-19-16-27(33)23-40-20-17-29(24-40)39(5)6/h16,19,21-22,25-26,28-30H,7-14,17,20,23-24H2,1-6H3,(H,43,44)/t25?,26?,28-,29?,30-. The van der Waals surface area contributed by atoms with Crippen molar-refractivity contribution in [2.75, 3.05) is 32.1 Å². The van der Waals surface area contributed by atoms with E-state index >= 15 is 0 Å². The normalized spacial score (nSPS) is 25.6. The first-order valence-electron chi connectivity index (χ1n) is 17.1. The highest BCUT2D eigenvalue weighted by atomic mass is 32.1. The highest BCUT2D eigenvalue weighted by Crippen LogP contribution is 2.39. The van der Waals surface area contributed by atoms with E-state index in [1.165, 1.54) is 17.8 Å². The zero-order valence-corrected chi connectivity index (χ0v) is 29.4. The summed E-state index contributed by atoms with van der Waals surface area (Å²) in [7, 11) is 4.30. The number of carboxylic acid groups (broad SMARTS) is 1. The number of hydrogen-bond acceptors (Lipinski definition) is 7. The minimum atomic E-state index is -1.00. The summed E-state index contributed by atoms with van der Waals surface area (Å²) in [5.41, 5.74) is 1.46. The van der Waals surface area contributed by atoms with Gasteiger partial charge in [-0.3, -0.25) is 14.7 Å². The fraction of sp³-hybridized carbons (Fsp3) is 0.649. The molecule has 0 spiro atoms. The van der Waals surface area contributed by atoms with Gasteiger partial charge < -0.3 is 19.6 Å². The van der Waals surface area contributed by atoms with Crippen LogP contribution in [-0.2, 0) is 11.3 Å². The van der Waals surface area contributed by atoms with Gasteiger partial charge in [-0.15, -0.1) is 11.3 Å². The summed E-state index contributed by atoms with van der Waals surface area (Å²) in [4.78, 5) is 38.8. The number of thiophene rings is 1. The van der Waals surface area contributed by atoms with Gasteiger partial charge in [0.15, 0.2) is 0 Å². The van der Waals surface area contributed by atoms with E-state index in [0.29, 0.717) is 22.5 Å². The topological polar surface area (TPSA) is 86.2 Å².